The second-order valence-corrected chi connectivity index (χ2v) is 8.59. The van der Waals surface area contributed by atoms with Crippen LogP contribution in [0.1, 0.15) is 31.2 Å². The van der Waals surface area contributed by atoms with E-state index in [2.05, 4.69) is 16.0 Å². The number of carbonyl (C=O) groups is 4. The first-order chi connectivity index (χ1) is 15.8. The van der Waals surface area contributed by atoms with E-state index in [1.54, 1.807) is 36.0 Å². The summed E-state index contributed by atoms with van der Waals surface area (Å²) >= 11 is 1.57. The molecule has 0 aliphatic carbocycles. The minimum absolute atomic E-state index is 0.161. The lowest BCUT2D eigenvalue weighted by Gasteiger charge is -2.22. The summed E-state index contributed by atoms with van der Waals surface area (Å²) in [7, 11) is 0. The van der Waals surface area contributed by atoms with Crippen molar-refractivity contribution in [3.05, 3.63) is 35.9 Å². The van der Waals surface area contributed by atoms with Gasteiger partial charge in [-0.3, -0.25) is 14.4 Å². The van der Waals surface area contributed by atoms with Crippen molar-refractivity contribution >= 4 is 35.5 Å². The van der Waals surface area contributed by atoms with E-state index in [1.165, 1.54) is 0 Å². The molecule has 0 aliphatic heterocycles. The van der Waals surface area contributed by atoms with Crippen LogP contribution in [0.3, 0.4) is 0 Å². The molecular weight excluding hydrogens is 446 g/mol. The number of carboxylic acid groups (broad SMARTS) is 1. The Morgan fingerprint density at radius 1 is 1.00 bits per heavy atom. The van der Waals surface area contributed by atoms with Gasteiger partial charge in [0.2, 0.25) is 17.7 Å². The Kier molecular flexibility index (Phi) is 13.8. The molecule has 3 amide bonds. The van der Waals surface area contributed by atoms with Crippen molar-refractivity contribution in [2.24, 2.45) is 11.5 Å². The number of thioether (sulfide) groups is 1. The number of nitrogens with one attached hydrogen (secondary N) is 3. The molecule has 0 aliphatic rings. The SMILES string of the molecule is CSCCC(N)C(=O)NCC(=O)NC(Cc1ccccc1)C(=O)NC(CCCCN)C(=O)O. The van der Waals surface area contributed by atoms with Crippen molar-refractivity contribution in [2.75, 3.05) is 25.1 Å². The summed E-state index contributed by atoms with van der Waals surface area (Å²) in [5, 5.41) is 17.0. The zero-order valence-corrected chi connectivity index (χ0v) is 19.7. The maximum atomic E-state index is 12.9. The van der Waals surface area contributed by atoms with Crippen molar-refractivity contribution in [1.29, 1.82) is 0 Å². The van der Waals surface area contributed by atoms with Crippen molar-refractivity contribution in [3.8, 4) is 0 Å². The van der Waals surface area contributed by atoms with E-state index >= 15 is 0 Å². The number of aliphatic carboxylic acids is 1. The average molecular weight is 482 g/mol. The molecule has 0 saturated carbocycles. The summed E-state index contributed by atoms with van der Waals surface area (Å²) < 4.78 is 0. The first-order valence-corrected chi connectivity index (χ1v) is 12.3. The van der Waals surface area contributed by atoms with Gasteiger partial charge in [-0.2, -0.15) is 11.8 Å². The van der Waals surface area contributed by atoms with Crippen LogP contribution in [-0.2, 0) is 25.6 Å². The monoisotopic (exact) mass is 481 g/mol. The Bertz CT molecular complexity index is 765. The molecule has 3 atom stereocenters. The molecule has 0 saturated heterocycles. The van der Waals surface area contributed by atoms with Gasteiger partial charge in [0, 0.05) is 6.42 Å². The van der Waals surface area contributed by atoms with E-state index in [0.29, 0.717) is 25.8 Å². The third-order valence-electron chi connectivity index (χ3n) is 4.89. The molecule has 0 spiro atoms. The molecule has 1 rings (SSSR count). The lowest BCUT2D eigenvalue weighted by atomic mass is 10.0. The number of nitrogens with two attached hydrogens (primary N) is 2. The minimum Gasteiger partial charge on any atom is -0.480 e. The van der Waals surface area contributed by atoms with Gasteiger partial charge in [-0.15, -0.1) is 0 Å². The van der Waals surface area contributed by atoms with Crippen molar-refractivity contribution in [3.63, 3.8) is 0 Å². The molecule has 0 aromatic heterocycles. The van der Waals surface area contributed by atoms with Crippen LogP contribution in [0.4, 0.5) is 0 Å². The van der Waals surface area contributed by atoms with Gasteiger partial charge in [0.25, 0.3) is 0 Å². The largest absolute Gasteiger partial charge is 0.480 e. The molecule has 0 radical (unpaired) electrons. The molecule has 1 aromatic carbocycles. The number of hydrogen-bond donors (Lipinski definition) is 6. The predicted octanol–water partition coefficient (Wildman–Crippen LogP) is -0.391. The summed E-state index contributed by atoms with van der Waals surface area (Å²) in [6, 6.07) is 6.20. The average Bonchev–Trinajstić information content (AvgIpc) is 2.80. The van der Waals surface area contributed by atoms with Crippen LogP contribution in [0, 0.1) is 0 Å². The third-order valence-corrected chi connectivity index (χ3v) is 5.53. The molecule has 10 nitrogen and oxygen atoms in total. The number of amides is 3. The van der Waals surface area contributed by atoms with Crippen molar-refractivity contribution < 1.29 is 24.3 Å². The van der Waals surface area contributed by atoms with Crippen molar-refractivity contribution in [1.82, 2.24) is 16.0 Å². The number of hydrogen-bond acceptors (Lipinski definition) is 7. The van der Waals surface area contributed by atoms with E-state index in [1.807, 2.05) is 12.3 Å². The fourth-order valence-electron chi connectivity index (χ4n) is 3.00. The molecule has 33 heavy (non-hydrogen) atoms. The molecule has 0 fully saturated rings. The fraction of sp³-hybridized carbons (Fsp3) is 0.545. The third kappa shape index (κ3) is 11.7. The van der Waals surface area contributed by atoms with Crippen molar-refractivity contribution in [2.45, 2.75) is 50.2 Å². The predicted molar refractivity (Wildman–Crippen MR) is 129 cm³/mol. The molecule has 8 N–H and O–H groups in total. The topological polar surface area (TPSA) is 177 Å². The van der Waals surface area contributed by atoms with Crippen LogP contribution in [0.5, 0.6) is 0 Å². The first kappa shape index (κ1) is 28.4. The highest BCUT2D eigenvalue weighted by molar-refractivity contribution is 7.98. The van der Waals surface area contributed by atoms with Crippen LogP contribution in [0.2, 0.25) is 0 Å². The summed E-state index contributed by atoms with van der Waals surface area (Å²) in [6.45, 7) is 0.0862. The molecular formula is C22H35N5O5S. The summed E-state index contributed by atoms with van der Waals surface area (Å²) in [6.07, 6.45) is 3.97. The van der Waals surface area contributed by atoms with Gasteiger partial charge < -0.3 is 32.5 Å². The molecule has 0 heterocycles. The molecule has 3 unspecified atom stereocenters. The smallest absolute Gasteiger partial charge is 0.326 e. The fourth-order valence-corrected chi connectivity index (χ4v) is 3.49. The summed E-state index contributed by atoms with van der Waals surface area (Å²) in [5.74, 6) is -2.08. The maximum Gasteiger partial charge on any atom is 0.326 e. The Labute approximate surface area is 198 Å². The Morgan fingerprint density at radius 3 is 2.30 bits per heavy atom. The van der Waals surface area contributed by atoms with Crippen LogP contribution >= 0.6 is 11.8 Å². The van der Waals surface area contributed by atoms with E-state index in [-0.39, 0.29) is 19.4 Å². The number of rotatable bonds is 16. The van der Waals surface area contributed by atoms with Crippen LogP contribution in [0.15, 0.2) is 30.3 Å². The lowest BCUT2D eigenvalue weighted by molar-refractivity contribution is -0.142. The Hall–Kier alpha value is -2.63. The Morgan fingerprint density at radius 2 is 1.70 bits per heavy atom. The van der Waals surface area contributed by atoms with Gasteiger partial charge in [-0.05, 0) is 49.8 Å². The molecule has 184 valence electrons. The highest BCUT2D eigenvalue weighted by atomic mass is 32.2. The second kappa shape index (κ2) is 16.1. The first-order valence-electron chi connectivity index (χ1n) is 10.9. The van der Waals surface area contributed by atoms with Gasteiger partial charge in [-0.1, -0.05) is 30.3 Å². The highest BCUT2D eigenvalue weighted by Gasteiger charge is 2.27. The van der Waals surface area contributed by atoms with E-state index < -0.39 is 41.8 Å². The zero-order valence-electron chi connectivity index (χ0n) is 18.9. The number of benzene rings is 1. The van der Waals surface area contributed by atoms with Gasteiger partial charge in [0.1, 0.15) is 12.1 Å². The number of carbonyl (C=O) groups excluding carboxylic acids is 3. The van der Waals surface area contributed by atoms with Crippen LogP contribution in [-0.4, -0.2) is 72.0 Å². The summed E-state index contributed by atoms with van der Waals surface area (Å²) in [5.41, 5.74) is 12.0. The molecule has 0 bridgehead atoms. The van der Waals surface area contributed by atoms with E-state index in [0.717, 1.165) is 11.3 Å². The molecule has 1 aromatic rings. The highest BCUT2D eigenvalue weighted by Crippen LogP contribution is 2.06. The second-order valence-electron chi connectivity index (χ2n) is 7.60. The van der Waals surface area contributed by atoms with Gasteiger partial charge in [0.05, 0.1) is 12.6 Å². The quantitative estimate of drug-likeness (QED) is 0.173. The lowest BCUT2D eigenvalue weighted by Crippen LogP contribution is -2.54. The maximum absolute atomic E-state index is 12.9. The van der Waals surface area contributed by atoms with Gasteiger partial charge >= 0.3 is 5.97 Å². The standard InChI is InChI=1S/C22H35N5O5S/c1-33-12-10-16(24)20(29)25-14-19(28)26-18(13-15-7-3-2-4-8-15)21(30)27-17(22(31)32)9-5-6-11-23/h2-4,7-8,16-18H,5-6,9-14,23-24H2,1H3,(H,25,29)(H,26,28)(H,27,30)(H,31,32). The summed E-state index contributed by atoms with van der Waals surface area (Å²) in [4.78, 5) is 48.9. The van der Waals surface area contributed by atoms with Gasteiger partial charge in [0.15, 0.2) is 0 Å². The van der Waals surface area contributed by atoms with Crippen LogP contribution < -0.4 is 27.4 Å². The van der Waals surface area contributed by atoms with E-state index in [4.69, 9.17) is 11.5 Å². The number of unbranched alkanes of at least 4 members (excludes halogenated alkanes) is 1. The normalized spacial score (nSPS) is 13.4. The number of carboxylic acids is 1. The molecule has 11 heteroatoms. The van der Waals surface area contributed by atoms with Gasteiger partial charge in [-0.25, -0.2) is 4.79 Å². The minimum atomic E-state index is -1.16. The zero-order chi connectivity index (χ0) is 24.6. The van der Waals surface area contributed by atoms with E-state index in [9.17, 15) is 24.3 Å². The Balaban J connectivity index is 2.78. The van der Waals surface area contributed by atoms with Crippen LogP contribution in [0.25, 0.3) is 0 Å².